The molecule has 5 rings (SSSR count). The highest BCUT2D eigenvalue weighted by molar-refractivity contribution is 6.08. The van der Waals surface area contributed by atoms with Crippen molar-refractivity contribution < 1.29 is 0 Å². The van der Waals surface area contributed by atoms with Gasteiger partial charge in [0.1, 0.15) is 17.8 Å². The summed E-state index contributed by atoms with van der Waals surface area (Å²) in [5.74, 6) is 1.43. The maximum Gasteiger partial charge on any atom is 0.140 e. The van der Waals surface area contributed by atoms with E-state index in [-0.39, 0.29) is 6.17 Å². The molecule has 1 aromatic heterocycles. The summed E-state index contributed by atoms with van der Waals surface area (Å²) in [6.07, 6.45) is 8.73. The zero-order chi connectivity index (χ0) is 19.8. The Bertz CT molecular complexity index is 899. The summed E-state index contributed by atoms with van der Waals surface area (Å²) >= 11 is 0. The fourth-order valence-corrected chi connectivity index (χ4v) is 4.97. The number of pyridine rings is 1. The van der Waals surface area contributed by atoms with Gasteiger partial charge in [0.25, 0.3) is 0 Å². The van der Waals surface area contributed by atoms with Gasteiger partial charge in [0, 0.05) is 30.6 Å². The van der Waals surface area contributed by atoms with Gasteiger partial charge in [-0.25, -0.2) is 9.98 Å². The summed E-state index contributed by atoms with van der Waals surface area (Å²) in [6, 6.07) is 11.5. The number of hydroxylamine groups is 2. The van der Waals surface area contributed by atoms with Crippen molar-refractivity contribution in [3.63, 3.8) is 0 Å². The summed E-state index contributed by atoms with van der Waals surface area (Å²) < 4.78 is 0. The van der Waals surface area contributed by atoms with E-state index >= 15 is 0 Å². The number of nitrogens with zero attached hydrogens (tertiary/aromatic N) is 4. The molecule has 0 amide bonds. The number of hydrogen-bond acceptors (Lipinski definition) is 6. The summed E-state index contributed by atoms with van der Waals surface area (Å²) in [5, 5.41) is 18.3. The van der Waals surface area contributed by atoms with Crippen LogP contribution >= 0.6 is 0 Å². The van der Waals surface area contributed by atoms with Crippen molar-refractivity contribution in [2.24, 2.45) is 4.99 Å². The molecule has 29 heavy (non-hydrogen) atoms. The summed E-state index contributed by atoms with van der Waals surface area (Å²) in [6.45, 7) is 3.75. The smallest absolute Gasteiger partial charge is 0.140 e. The van der Waals surface area contributed by atoms with Gasteiger partial charge in [-0.05, 0) is 44.7 Å². The van der Waals surface area contributed by atoms with Gasteiger partial charge in [-0.3, -0.25) is 0 Å². The van der Waals surface area contributed by atoms with Gasteiger partial charge in [-0.1, -0.05) is 37.5 Å². The number of para-hydroxylation sites is 1. The van der Waals surface area contributed by atoms with Gasteiger partial charge in [-0.15, -0.1) is 0 Å². The van der Waals surface area contributed by atoms with Gasteiger partial charge >= 0.3 is 0 Å². The fourth-order valence-electron chi connectivity index (χ4n) is 4.97. The van der Waals surface area contributed by atoms with Crippen LogP contribution in [0.4, 0.5) is 5.82 Å². The molecule has 3 heterocycles. The summed E-state index contributed by atoms with van der Waals surface area (Å²) in [7, 11) is 0. The number of fused-ring (bicyclic) bond motifs is 1. The molecule has 1 aromatic carbocycles. The third-order valence-corrected chi connectivity index (χ3v) is 6.67. The van der Waals surface area contributed by atoms with Gasteiger partial charge in [0.15, 0.2) is 0 Å². The van der Waals surface area contributed by atoms with E-state index in [1.54, 1.807) is 0 Å². The van der Waals surface area contributed by atoms with E-state index in [4.69, 9.17) is 4.98 Å². The molecule has 6 heteroatoms. The second kappa shape index (κ2) is 7.92. The number of anilines is 1. The predicted molar refractivity (Wildman–Crippen MR) is 118 cm³/mol. The van der Waals surface area contributed by atoms with E-state index in [2.05, 4.69) is 21.3 Å². The van der Waals surface area contributed by atoms with Crippen molar-refractivity contribution in [3.8, 4) is 0 Å². The number of hydrogen-bond donors (Lipinski definition) is 1. The zero-order valence-corrected chi connectivity index (χ0v) is 17.2. The highest BCUT2D eigenvalue weighted by atomic mass is 16.5. The van der Waals surface area contributed by atoms with Crippen molar-refractivity contribution in [1.82, 2.24) is 15.4 Å². The lowest BCUT2D eigenvalue weighted by Crippen LogP contribution is -2.48. The van der Waals surface area contributed by atoms with Gasteiger partial charge in [0.2, 0.25) is 0 Å². The number of piperidine rings is 1. The van der Waals surface area contributed by atoms with E-state index in [9.17, 15) is 5.21 Å². The Morgan fingerprint density at radius 3 is 2.45 bits per heavy atom. The van der Waals surface area contributed by atoms with Crippen LogP contribution in [0.1, 0.15) is 57.4 Å². The van der Waals surface area contributed by atoms with Gasteiger partial charge in [-0.2, -0.15) is 0 Å². The first-order valence-electron chi connectivity index (χ1n) is 11.1. The molecule has 154 valence electrons. The number of amidine groups is 1. The molecule has 1 unspecified atom stereocenters. The molecule has 0 bridgehead atoms. The number of benzene rings is 1. The minimum Gasteiger partial charge on any atom is -0.756 e. The molecule has 1 aliphatic carbocycles. The van der Waals surface area contributed by atoms with Crippen LogP contribution in [-0.4, -0.2) is 47.2 Å². The van der Waals surface area contributed by atoms with Crippen LogP contribution in [0, 0.1) is 5.21 Å². The van der Waals surface area contributed by atoms with Crippen molar-refractivity contribution in [2.75, 3.05) is 18.0 Å². The highest BCUT2D eigenvalue weighted by Gasteiger charge is 2.29. The van der Waals surface area contributed by atoms with Crippen LogP contribution in [0.5, 0.6) is 0 Å². The molecule has 2 aliphatic heterocycles. The number of aliphatic imine (C=N–C) groups is 1. The maximum absolute atomic E-state index is 12.3. The van der Waals surface area contributed by atoms with Crippen LogP contribution in [0.2, 0.25) is 0 Å². The van der Waals surface area contributed by atoms with Crippen molar-refractivity contribution in [3.05, 3.63) is 41.1 Å². The normalized spacial score (nSPS) is 23.9. The Morgan fingerprint density at radius 2 is 1.72 bits per heavy atom. The van der Waals surface area contributed by atoms with Crippen LogP contribution < -0.4 is 10.2 Å². The second-order valence-electron chi connectivity index (χ2n) is 8.73. The van der Waals surface area contributed by atoms with E-state index in [1.807, 2.05) is 31.2 Å². The third-order valence-electron chi connectivity index (χ3n) is 6.67. The largest absolute Gasteiger partial charge is 0.756 e. The molecule has 1 atom stereocenters. The zero-order valence-electron chi connectivity index (χ0n) is 17.2. The molecule has 1 N–H and O–H groups in total. The second-order valence-corrected chi connectivity index (χ2v) is 8.73. The third kappa shape index (κ3) is 3.71. The quantitative estimate of drug-likeness (QED) is 0.851. The number of rotatable bonds is 4. The molecular weight excluding hydrogens is 362 g/mol. The lowest BCUT2D eigenvalue weighted by molar-refractivity contribution is 0.307. The molecule has 2 aromatic rings. The van der Waals surface area contributed by atoms with Crippen LogP contribution in [0.15, 0.2) is 35.3 Å². The van der Waals surface area contributed by atoms with E-state index in [1.165, 1.54) is 32.1 Å². The molecule has 1 saturated heterocycles. The topological polar surface area (TPSA) is 66.8 Å². The molecule has 0 radical (unpaired) electrons. The van der Waals surface area contributed by atoms with Crippen LogP contribution in [0.3, 0.4) is 0 Å². The average Bonchev–Trinajstić information content (AvgIpc) is 2.77. The Hall–Kier alpha value is -2.18. The lowest BCUT2D eigenvalue weighted by Gasteiger charge is -2.45. The lowest BCUT2D eigenvalue weighted by atomic mass is 9.93. The average molecular weight is 393 g/mol. The molecule has 6 nitrogen and oxygen atoms in total. The standard InChI is InChI=1S/C23H30N5O/c1-16-24-23(28(16)29)20-15-17-7-5-6-10-21(17)26-22(20)27-13-11-19(12-14-27)25-18-8-3-2-4-9-18/h5-7,10,15-16,18-19,25H,2-4,8-9,11-14H2,1H3/q-1. The maximum atomic E-state index is 12.3. The van der Waals surface area contributed by atoms with Crippen molar-refractivity contribution >= 4 is 22.6 Å². The Morgan fingerprint density at radius 1 is 1.00 bits per heavy atom. The van der Waals surface area contributed by atoms with Gasteiger partial charge < -0.3 is 20.5 Å². The van der Waals surface area contributed by atoms with Crippen molar-refractivity contribution in [1.29, 1.82) is 0 Å². The summed E-state index contributed by atoms with van der Waals surface area (Å²) in [5.41, 5.74) is 1.84. The molecule has 3 aliphatic rings. The first kappa shape index (κ1) is 18.8. The minimum absolute atomic E-state index is 0.297. The predicted octanol–water partition coefficient (Wildman–Crippen LogP) is 4.03. The first-order chi connectivity index (χ1) is 14.2. The highest BCUT2D eigenvalue weighted by Crippen LogP contribution is 2.31. The van der Waals surface area contributed by atoms with E-state index in [0.717, 1.165) is 53.3 Å². The molecule has 2 fully saturated rings. The van der Waals surface area contributed by atoms with Crippen LogP contribution in [0.25, 0.3) is 10.9 Å². The summed E-state index contributed by atoms with van der Waals surface area (Å²) in [4.78, 5) is 11.8. The van der Waals surface area contributed by atoms with E-state index in [0.29, 0.717) is 17.9 Å². The number of aromatic nitrogens is 1. The van der Waals surface area contributed by atoms with Crippen molar-refractivity contribution in [2.45, 2.75) is 70.1 Å². The van der Waals surface area contributed by atoms with Gasteiger partial charge in [0.05, 0.1) is 11.1 Å². The molecule has 1 saturated carbocycles. The minimum atomic E-state index is -0.297. The Kier molecular flexibility index (Phi) is 5.14. The Balaban J connectivity index is 1.36. The Labute approximate surface area is 172 Å². The SMILES string of the molecule is CC1N=C(c2cc3ccccc3nc2N2CCC(NC3CCCCC3)CC2)N1[O-]. The van der Waals surface area contributed by atoms with E-state index < -0.39 is 0 Å². The first-order valence-corrected chi connectivity index (χ1v) is 11.1. The molecular formula is C23H30N5O-. The number of nitrogens with one attached hydrogen (secondary N) is 1. The van der Waals surface area contributed by atoms with Crippen LogP contribution in [-0.2, 0) is 0 Å². The fraction of sp³-hybridized carbons (Fsp3) is 0.565. The monoisotopic (exact) mass is 392 g/mol. The molecule has 0 spiro atoms.